The Kier molecular flexibility index (Phi) is 4.23. The molecule has 0 aromatic heterocycles. The van der Waals surface area contributed by atoms with Gasteiger partial charge in [-0.15, -0.1) is 0 Å². The maximum atomic E-state index is 13.3. The quantitative estimate of drug-likeness (QED) is 0.737. The van der Waals surface area contributed by atoms with Gasteiger partial charge in [0.15, 0.2) is 0 Å². The zero-order valence-electron chi connectivity index (χ0n) is 15.5. The van der Waals surface area contributed by atoms with Crippen molar-refractivity contribution in [2.24, 2.45) is 10.9 Å². The van der Waals surface area contributed by atoms with Gasteiger partial charge in [0.25, 0.3) is 0 Å². The third kappa shape index (κ3) is 2.88. The highest BCUT2D eigenvalue weighted by molar-refractivity contribution is 6.15. The van der Waals surface area contributed by atoms with Crippen molar-refractivity contribution in [2.45, 2.75) is 39.7 Å². The molecule has 4 rings (SSSR count). The zero-order chi connectivity index (χ0) is 18.3. The topological polar surface area (TPSA) is 32.7 Å². The van der Waals surface area contributed by atoms with Gasteiger partial charge in [0.2, 0.25) is 5.91 Å². The maximum Gasteiger partial charge on any atom is 0.236 e. The molecule has 2 aliphatic rings. The van der Waals surface area contributed by atoms with Crippen LogP contribution < -0.4 is 4.90 Å². The fraction of sp³-hybridized carbons (Fsp3) is 0.304. The van der Waals surface area contributed by atoms with Crippen LogP contribution in [0.25, 0.3) is 6.08 Å². The van der Waals surface area contributed by atoms with Gasteiger partial charge in [-0.2, -0.15) is 0 Å². The van der Waals surface area contributed by atoms with Gasteiger partial charge in [-0.1, -0.05) is 36.9 Å². The molecule has 1 fully saturated rings. The smallest absolute Gasteiger partial charge is 0.236 e. The summed E-state index contributed by atoms with van der Waals surface area (Å²) in [4.78, 5) is 20.2. The van der Waals surface area contributed by atoms with E-state index in [1.807, 2.05) is 23.1 Å². The van der Waals surface area contributed by atoms with Crippen LogP contribution in [0, 0.1) is 19.8 Å². The number of rotatable bonds is 3. The molecular weight excluding hydrogens is 320 g/mol. The summed E-state index contributed by atoms with van der Waals surface area (Å²) in [5.74, 6) is 0.131. The standard InChI is InChI=1S/C23H24N2O/c1-4-17-8-10-18(11-9-17)14-25-22-13-16(3)15(2)12-21(22)24-20-7-5-6-19(20)23(25)26/h4,8-13,19H,1,5-7,14H2,2-3H3. The van der Waals surface area contributed by atoms with Gasteiger partial charge >= 0.3 is 0 Å². The number of hydrogen-bond donors (Lipinski definition) is 0. The highest BCUT2D eigenvalue weighted by Gasteiger charge is 2.36. The molecule has 1 aliphatic heterocycles. The molecule has 1 aliphatic carbocycles. The lowest BCUT2D eigenvalue weighted by molar-refractivity contribution is -0.120. The second kappa shape index (κ2) is 6.56. The van der Waals surface area contributed by atoms with Gasteiger partial charge in [-0.05, 0) is 67.5 Å². The van der Waals surface area contributed by atoms with Gasteiger partial charge in [0.05, 0.1) is 23.8 Å². The summed E-state index contributed by atoms with van der Waals surface area (Å²) in [5.41, 5.74) is 7.54. The third-order valence-electron chi connectivity index (χ3n) is 5.59. The van der Waals surface area contributed by atoms with E-state index < -0.39 is 0 Å². The third-order valence-corrected chi connectivity index (χ3v) is 5.59. The Morgan fingerprint density at radius 1 is 1.19 bits per heavy atom. The molecular formula is C23H24N2O. The molecule has 1 saturated carbocycles. The van der Waals surface area contributed by atoms with E-state index in [-0.39, 0.29) is 11.8 Å². The first-order valence-corrected chi connectivity index (χ1v) is 9.28. The van der Waals surface area contributed by atoms with Crippen molar-refractivity contribution >= 4 is 29.1 Å². The number of amides is 1. The Hall–Kier alpha value is -2.68. The number of benzene rings is 2. The summed E-state index contributed by atoms with van der Waals surface area (Å²) in [6.07, 6.45) is 4.73. The van der Waals surface area contributed by atoms with Gasteiger partial charge in [0.1, 0.15) is 0 Å². The van der Waals surface area contributed by atoms with Crippen molar-refractivity contribution in [3.8, 4) is 0 Å². The Bertz CT molecular complexity index is 909. The molecule has 3 nitrogen and oxygen atoms in total. The highest BCUT2D eigenvalue weighted by atomic mass is 16.2. The fourth-order valence-corrected chi connectivity index (χ4v) is 3.89. The molecule has 2 aromatic rings. The Morgan fingerprint density at radius 3 is 2.65 bits per heavy atom. The molecule has 0 saturated heterocycles. The molecule has 1 amide bonds. The molecule has 0 N–H and O–H groups in total. The number of carbonyl (C=O) groups is 1. The molecule has 1 unspecified atom stereocenters. The van der Waals surface area contributed by atoms with E-state index in [9.17, 15) is 4.79 Å². The molecule has 0 spiro atoms. The van der Waals surface area contributed by atoms with Crippen LogP contribution in [-0.4, -0.2) is 11.6 Å². The van der Waals surface area contributed by atoms with Gasteiger partial charge in [-0.3, -0.25) is 9.79 Å². The second-order valence-electron chi connectivity index (χ2n) is 7.34. The number of hydrogen-bond acceptors (Lipinski definition) is 2. The van der Waals surface area contributed by atoms with Gasteiger partial charge < -0.3 is 4.90 Å². The Labute approximate surface area is 155 Å². The van der Waals surface area contributed by atoms with Crippen molar-refractivity contribution in [3.63, 3.8) is 0 Å². The van der Waals surface area contributed by atoms with Crippen LogP contribution in [0.5, 0.6) is 0 Å². The summed E-state index contributed by atoms with van der Waals surface area (Å²) >= 11 is 0. The van der Waals surface area contributed by atoms with Crippen LogP contribution in [0.3, 0.4) is 0 Å². The lowest BCUT2D eigenvalue weighted by atomic mass is 10.0. The van der Waals surface area contributed by atoms with Crippen LogP contribution in [-0.2, 0) is 11.3 Å². The van der Waals surface area contributed by atoms with E-state index in [1.165, 1.54) is 11.1 Å². The minimum atomic E-state index is -0.0598. The van der Waals surface area contributed by atoms with E-state index in [0.29, 0.717) is 6.54 Å². The summed E-state index contributed by atoms with van der Waals surface area (Å²) in [7, 11) is 0. The van der Waals surface area contributed by atoms with Crippen LogP contribution in [0.15, 0.2) is 48.0 Å². The lowest BCUT2D eigenvalue weighted by Crippen LogP contribution is -2.36. The number of carbonyl (C=O) groups excluding carboxylic acids is 1. The average molecular weight is 344 g/mol. The average Bonchev–Trinajstić information content (AvgIpc) is 3.07. The minimum Gasteiger partial charge on any atom is -0.305 e. The van der Waals surface area contributed by atoms with E-state index in [4.69, 9.17) is 4.99 Å². The predicted octanol–water partition coefficient (Wildman–Crippen LogP) is 5.37. The summed E-state index contributed by atoms with van der Waals surface area (Å²) in [6, 6.07) is 12.5. The van der Waals surface area contributed by atoms with Gasteiger partial charge in [0, 0.05) is 5.71 Å². The first-order valence-electron chi connectivity index (χ1n) is 9.28. The van der Waals surface area contributed by atoms with Crippen molar-refractivity contribution in [1.82, 2.24) is 0 Å². The van der Waals surface area contributed by atoms with E-state index in [2.05, 4.69) is 44.7 Å². The molecule has 3 heteroatoms. The van der Waals surface area contributed by atoms with Crippen molar-refractivity contribution in [1.29, 1.82) is 0 Å². The lowest BCUT2D eigenvalue weighted by Gasteiger charge is -2.25. The first-order chi connectivity index (χ1) is 12.6. The van der Waals surface area contributed by atoms with Crippen molar-refractivity contribution in [3.05, 3.63) is 65.2 Å². The van der Waals surface area contributed by atoms with Crippen LogP contribution in [0.1, 0.15) is 41.5 Å². The molecule has 1 heterocycles. The normalized spacial score (nSPS) is 18.8. The molecule has 2 aromatic carbocycles. The van der Waals surface area contributed by atoms with Crippen molar-refractivity contribution in [2.75, 3.05) is 4.90 Å². The largest absolute Gasteiger partial charge is 0.305 e. The van der Waals surface area contributed by atoms with Crippen LogP contribution in [0.4, 0.5) is 11.4 Å². The number of aryl methyl sites for hydroxylation is 2. The second-order valence-corrected chi connectivity index (χ2v) is 7.34. The van der Waals surface area contributed by atoms with Gasteiger partial charge in [-0.25, -0.2) is 0 Å². The minimum absolute atomic E-state index is 0.0598. The number of aliphatic imine (C=N–C) groups is 1. The first kappa shape index (κ1) is 16.8. The summed E-state index contributed by atoms with van der Waals surface area (Å²) in [5, 5.41) is 0. The molecule has 132 valence electrons. The fourth-order valence-electron chi connectivity index (χ4n) is 3.89. The van der Waals surface area contributed by atoms with E-state index >= 15 is 0 Å². The SMILES string of the molecule is C=Cc1ccc(CN2C(=O)C3CCCC3=Nc3cc(C)c(C)cc32)cc1. The highest BCUT2D eigenvalue weighted by Crippen LogP contribution is 2.40. The number of nitrogens with zero attached hydrogens (tertiary/aromatic N) is 2. The maximum absolute atomic E-state index is 13.3. The summed E-state index contributed by atoms with van der Waals surface area (Å²) in [6.45, 7) is 8.58. The Morgan fingerprint density at radius 2 is 1.92 bits per heavy atom. The molecule has 0 bridgehead atoms. The van der Waals surface area contributed by atoms with E-state index in [0.717, 1.165) is 47.5 Å². The molecule has 26 heavy (non-hydrogen) atoms. The predicted molar refractivity (Wildman–Crippen MR) is 108 cm³/mol. The monoisotopic (exact) mass is 344 g/mol. The van der Waals surface area contributed by atoms with Crippen LogP contribution >= 0.6 is 0 Å². The molecule has 0 radical (unpaired) electrons. The summed E-state index contributed by atoms with van der Waals surface area (Å²) < 4.78 is 0. The van der Waals surface area contributed by atoms with Crippen LogP contribution in [0.2, 0.25) is 0 Å². The molecule has 1 atom stereocenters. The zero-order valence-corrected chi connectivity index (χ0v) is 15.5. The van der Waals surface area contributed by atoms with E-state index in [1.54, 1.807) is 0 Å². The number of fused-ring (bicyclic) bond motifs is 2. The Balaban J connectivity index is 1.78. The number of anilines is 1. The van der Waals surface area contributed by atoms with Crippen molar-refractivity contribution < 1.29 is 4.79 Å².